The van der Waals surface area contributed by atoms with Crippen molar-refractivity contribution in [2.24, 2.45) is 0 Å². The van der Waals surface area contributed by atoms with E-state index in [9.17, 15) is 9.59 Å². The van der Waals surface area contributed by atoms with E-state index >= 15 is 0 Å². The second-order valence-corrected chi connectivity index (χ2v) is 9.18. The fourth-order valence-electron chi connectivity index (χ4n) is 3.83. The number of fused-ring (bicyclic) bond motifs is 2. The number of aryl methyl sites for hydroxylation is 1. The van der Waals surface area contributed by atoms with Crippen LogP contribution in [0.5, 0.6) is 0 Å². The number of amides is 1. The number of carbonyl (C=O) groups is 1. The molecular formula is C26H21ClN4O2S. The Balaban J connectivity index is 1.39. The molecule has 0 unspecified atom stereocenters. The third-order valence-corrected chi connectivity index (χ3v) is 6.95. The molecule has 0 saturated carbocycles. The van der Waals surface area contributed by atoms with E-state index in [1.807, 2.05) is 60.8 Å². The smallest absolute Gasteiger partial charge is 0.281 e. The average molecular weight is 489 g/mol. The van der Waals surface area contributed by atoms with Crippen molar-refractivity contribution in [3.8, 4) is 0 Å². The number of aromatic nitrogens is 3. The molecule has 0 radical (unpaired) electrons. The number of carbonyl (C=O) groups excluding carboxylic acids is 1. The number of halogens is 1. The van der Waals surface area contributed by atoms with Crippen LogP contribution in [0.1, 0.15) is 17.5 Å². The maximum absolute atomic E-state index is 13.2. The molecule has 0 aliphatic carbocycles. The van der Waals surface area contributed by atoms with Crippen LogP contribution in [-0.4, -0.2) is 20.6 Å². The van der Waals surface area contributed by atoms with Gasteiger partial charge in [-0.15, -0.1) is 0 Å². The van der Waals surface area contributed by atoms with Crippen molar-refractivity contribution in [2.45, 2.75) is 23.8 Å². The van der Waals surface area contributed by atoms with Crippen LogP contribution in [0.3, 0.4) is 0 Å². The number of aromatic amines is 1. The lowest BCUT2D eigenvalue weighted by Crippen LogP contribution is -2.35. The first-order valence-electron chi connectivity index (χ1n) is 10.8. The zero-order chi connectivity index (χ0) is 23.5. The zero-order valence-corrected chi connectivity index (χ0v) is 19.7. The summed E-state index contributed by atoms with van der Waals surface area (Å²) in [6.45, 7) is 0. The summed E-state index contributed by atoms with van der Waals surface area (Å²) in [7, 11) is 0. The molecule has 5 aromatic rings. The van der Waals surface area contributed by atoms with Crippen molar-refractivity contribution >= 4 is 51.1 Å². The topological polar surface area (TPSA) is 79.8 Å². The third-order valence-electron chi connectivity index (χ3n) is 5.59. The lowest BCUT2D eigenvalue weighted by molar-refractivity contribution is -0.117. The molecule has 5 rings (SSSR count). The van der Waals surface area contributed by atoms with Gasteiger partial charge in [-0.05, 0) is 41.8 Å². The quantitative estimate of drug-likeness (QED) is 0.233. The molecule has 0 spiro atoms. The van der Waals surface area contributed by atoms with Gasteiger partial charge in [0.2, 0.25) is 5.91 Å². The highest BCUT2D eigenvalue weighted by Crippen LogP contribution is 2.26. The van der Waals surface area contributed by atoms with E-state index in [4.69, 9.17) is 11.6 Å². The number of nitrogens with one attached hydrogen (secondary N) is 2. The van der Waals surface area contributed by atoms with E-state index in [2.05, 4.69) is 15.4 Å². The number of thioether (sulfide) groups is 1. The van der Waals surface area contributed by atoms with Crippen molar-refractivity contribution < 1.29 is 4.79 Å². The Bertz CT molecular complexity index is 1560. The van der Waals surface area contributed by atoms with Crippen molar-refractivity contribution in [1.29, 1.82) is 0 Å². The van der Waals surface area contributed by atoms with Crippen LogP contribution in [0.2, 0.25) is 5.02 Å². The van der Waals surface area contributed by atoms with E-state index in [1.54, 1.807) is 18.2 Å². The van der Waals surface area contributed by atoms with E-state index in [-0.39, 0.29) is 17.9 Å². The van der Waals surface area contributed by atoms with Gasteiger partial charge < -0.3 is 4.98 Å². The Morgan fingerprint density at radius 1 is 0.971 bits per heavy atom. The number of hydrogen-bond acceptors (Lipinski definition) is 4. The minimum Gasteiger partial charge on any atom is -0.361 e. The number of benzene rings is 3. The second kappa shape index (κ2) is 9.75. The summed E-state index contributed by atoms with van der Waals surface area (Å²) in [5.74, 6) is 0.249. The molecular weight excluding hydrogens is 468 g/mol. The summed E-state index contributed by atoms with van der Waals surface area (Å²) in [4.78, 5) is 34.0. The maximum atomic E-state index is 13.2. The minimum atomic E-state index is -0.312. The highest BCUT2D eigenvalue weighted by molar-refractivity contribution is 7.98. The number of H-pyrrole nitrogens is 1. The number of nitrogens with zero attached hydrogens (tertiary/aromatic N) is 2. The molecule has 0 fully saturated rings. The first kappa shape index (κ1) is 22.3. The first-order valence-corrected chi connectivity index (χ1v) is 12.2. The molecule has 0 bridgehead atoms. The van der Waals surface area contributed by atoms with E-state index in [0.29, 0.717) is 33.3 Å². The highest BCUT2D eigenvalue weighted by Gasteiger charge is 2.15. The zero-order valence-electron chi connectivity index (χ0n) is 18.1. The van der Waals surface area contributed by atoms with E-state index < -0.39 is 0 Å². The molecule has 2 heterocycles. The van der Waals surface area contributed by atoms with Crippen LogP contribution in [0.25, 0.3) is 21.8 Å². The largest absolute Gasteiger partial charge is 0.361 e. The van der Waals surface area contributed by atoms with Gasteiger partial charge in [0.05, 0.1) is 10.9 Å². The van der Waals surface area contributed by atoms with Crippen LogP contribution >= 0.6 is 23.4 Å². The summed E-state index contributed by atoms with van der Waals surface area (Å²) in [5.41, 5.74) is 6.06. The Labute approximate surface area is 204 Å². The van der Waals surface area contributed by atoms with Gasteiger partial charge in [0.1, 0.15) is 0 Å². The normalized spacial score (nSPS) is 11.2. The predicted molar refractivity (Wildman–Crippen MR) is 138 cm³/mol. The molecule has 170 valence electrons. The van der Waals surface area contributed by atoms with Gasteiger partial charge >= 0.3 is 0 Å². The van der Waals surface area contributed by atoms with Crippen LogP contribution < -0.4 is 11.0 Å². The summed E-state index contributed by atoms with van der Waals surface area (Å²) in [6, 6.07) is 22.6. The van der Waals surface area contributed by atoms with E-state index in [1.165, 1.54) is 16.4 Å². The predicted octanol–water partition coefficient (Wildman–Crippen LogP) is 5.53. The Morgan fingerprint density at radius 2 is 1.71 bits per heavy atom. The van der Waals surface area contributed by atoms with Crippen LogP contribution in [0, 0.1) is 0 Å². The third kappa shape index (κ3) is 4.58. The fourth-order valence-corrected chi connectivity index (χ4v) is 5.07. The van der Waals surface area contributed by atoms with Gasteiger partial charge in [-0.25, -0.2) is 4.98 Å². The molecule has 8 heteroatoms. The molecule has 1 amide bonds. The van der Waals surface area contributed by atoms with Crippen molar-refractivity contribution in [1.82, 2.24) is 14.6 Å². The number of para-hydroxylation sites is 2. The van der Waals surface area contributed by atoms with Gasteiger partial charge in [-0.1, -0.05) is 71.9 Å². The average Bonchev–Trinajstić information content (AvgIpc) is 3.27. The standard InChI is InChI=1S/C26H21ClN4O2S/c27-21-10-4-1-7-18(21)16-34-26-29-23-12-6-3-9-20(23)25(33)31(26)30-24(32)14-13-17-15-28-22-11-5-2-8-19(17)22/h1-12,15,28H,13-14,16H2,(H,30,32). The Kier molecular flexibility index (Phi) is 6.38. The van der Waals surface area contributed by atoms with E-state index in [0.717, 1.165) is 22.0 Å². The minimum absolute atomic E-state index is 0.232. The van der Waals surface area contributed by atoms with Crippen LogP contribution in [0.4, 0.5) is 0 Å². The summed E-state index contributed by atoms with van der Waals surface area (Å²) in [5, 5.41) is 2.59. The molecule has 6 nitrogen and oxygen atoms in total. The monoisotopic (exact) mass is 488 g/mol. The van der Waals surface area contributed by atoms with Gasteiger partial charge in [0, 0.05) is 34.3 Å². The van der Waals surface area contributed by atoms with Gasteiger partial charge in [0.25, 0.3) is 5.56 Å². The molecule has 0 saturated heterocycles. The lowest BCUT2D eigenvalue weighted by Gasteiger charge is -2.14. The first-order chi connectivity index (χ1) is 16.6. The molecule has 0 aliphatic rings. The van der Waals surface area contributed by atoms with Gasteiger partial charge in [-0.3, -0.25) is 15.0 Å². The highest BCUT2D eigenvalue weighted by atomic mass is 35.5. The van der Waals surface area contributed by atoms with Crippen molar-refractivity contribution in [2.75, 3.05) is 5.43 Å². The van der Waals surface area contributed by atoms with Crippen molar-refractivity contribution in [3.63, 3.8) is 0 Å². The number of hydrogen-bond donors (Lipinski definition) is 2. The molecule has 34 heavy (non-hydrogen) atoms. The summed E-state index contributed by atoms with van der Waals surface area (Å²) >= 11 is 7.65. The lowest BCUT2D eigenvalue weighted by atomic mass is 10.1. The SMILES string of the molecule is O=C(CCc1c[nH]c2ccccc12)Nn1c(SCc2ccccc2Cl)nc2ccccc2c1=O. The molecule has 3 aromatic carbocycles. The molecule has 0 atom stereocenters. The Morgan fingerprint density at radius 3 is 2.56 bits per heavy atom. The fraction of sp³-hybridized carbons (Fsp3) is 0.115. The molecule has 0 aliphatic heterocycles. The maximum Gasteiger partial charge on any atom is 0.281 e. The van der Waals surface area contributed by atoms with Crippen LogP contribution in [0.15, 0.2) is 88.9 Å². The Hall–Kier alpha value is -3.55. The van der Waals surface area contributed by atoms with Crippen molar-refractivity contribution in [3.05, 3.63) is 105 Å². The number of rotatable bonds is 7. The van der Waals surface area contributed by atoms with Gasteiger partial charge in [0.15, 0.2) is 5.16 Å². The molecule has 2 N–H and O–H groups in total. The summed E-state index contributed by atoms with van der Waals surface area (Å²) in [6.07, 6.45) is 2.70. The van der Waals surface area contributed by atoms with Gasteiger partial charge in [-0.2, -0.15) is 4.68 Å². The summed E-state index contributed by atoms with van der Waals surface area (Å²) < 4.78 is 1.25. The second-order valence-electron chi connectivity index (χ2n) is 7.83. The van der Waals surface area contributed by atoms with Crippen LogP contribution in [-0.2, 0) is 17.0 Å². The molecule has 2 aromatic heterocycles.